The summed E-state index contributed by atoms with van der Waals surface area (Å²) in [6, 6.07) is 0. The molecule has 2 rings (SSSR count). The first-order valence-corrected chi connectivity index (χ1v) is 6.76. The number of hydrogen-bond acceptors (Lipinski definition) is 3. The fourth-order valence-corrected chi connectivity index (χ4v) is 4.05. The summed E-state index contributed by atoms with van der Waals surface area (Å²) >= 11 is 2.27. The van der Waals surface area contributed by atoms with Crippen LogP contribution in [0.2, 0.25) is 0 Å². The molecule has 0 aromatic carbocycles. The summed E-state index contributed by atoms with van der Waals surface area (Å²) < 4.78 is 10.5. The Balaban J connectivity index is 2.22. The SMILES string of the molecule is C=C(C)C(=O)OC1(I)CC2C=CC1(COC)C2. The van der Waals surface area contributed by atoms with E-state index in [1.807, 2.05) is 0 Å². The lowest BCUT2D eigenvalue weighted by Gasteiger charge is -2.39. The Hall–Kier alpha value is -0.360. The zero-order valence-corrected chi connectivity index (χ0v) is 12.3. The number of alkyl halides is 1. The van der Waals surface area contributed by atoms with Gasteiger partial charge in [0, 0.05) is 19.1 Å². The van der Waals surface area contributed by atoms with Crippen molar-refractivity contribution in [2.75, 3.05) is 13.7 Å². The lowest BCUT2D eigenvalue weighted by molar-refractivity contribution is -0.151. The highest BCUT2D eigenvalue weighted by molar-refractivity contribution is 14.1. The second-order valence-electron chi connectivity index (χ2n) is 5.01. The number of esters is 1. The molecule has 3 unspecified atom stereocenters. The summed E-state index contributed by atoms with van der Waals surface area (Å²) in [4.78, 5) is 11.7. The van der Waals surface area contributed by atoms with E-state index in [4.69, 9.17) is 9.47 Å². The maximum Gasteiger partial charge on any atom is 0.334 e. The molecule has 0 saturated heterocycles. The molecule has 0 aromatic rings. The number of carbonyl (C=O) groups is 1. The number of methoxy groups -OCH3 is 1. The smallest absolute Gasteiger partial charge is 0.334 e. The second-order valence-corrected chi connectivity index (χ2v) is 6.76. The first kappa shape index (κ1) is 13.1. The van der Waals surface area contributed by atoms with Crippen LogP contribution >= 0.6 is 22.6 Å². The van der Waals surface area contributed by atoms with Gasteiger partial charge in [0.15, 0.2) is 3.61 Å². The average molecular weight is 348 g/mol. The molecule has 17 heavy (non-hydrogen) atoms. The zero-order chi connectivity index (χ0) is 12.7. The molecule has 4 heteroatoms. The van der Waals surface area contributed by atoms with E-state index >= 15 is 0 Å². The summed E-state index contributed by atoms with van der Waals surface area (Å²) in [6.07, 6.45) is 6.24. The van der Waals surface area contributed by atoms with Gasteiger partial charge in [0.05, 0.1) is 12.0 Å². The van der Waals surface area contributed by atoms with Crippen molar-refractivity contribution in [3.05, 3.63) is 24.3 Å². The van der Waals surface area contributed by atoms with E-state index in [2.05, 4.69) is 41.3 Å². The van der Waals surface area contributed by atoms with Crippen LogP contribution in [0, 0.1) is 11.3 Å². The van der Waals surface area contributed by atoms with Gasteiger partial charge in [0.2, 0.25) is 0 Å². The van der Waals surface area contributed by atoms with E-state index in [-0.39, 0.29) is 11.4 Å². The van der Waals surface area contributed by atoms with Crippen molar-refractivity contribution >= 4 is 28.6 Å². The quantitative estimate of drug-likeness (QED) is 0.258. The molecule has 2 aliphatic carbocycles. The van der Waals surface area contributed by atoms with Gasteiger partial charge in [-0.1, -0.05) is 18.7 Å². The first-order chi connectivity index (χ1) is 7.92. The fraction of sp³-hybridized carbons (Fsp3) is 0.615. The summed E-state index contributed by atoms with van der Waals surface area (Å²) in [7, 11) is 1.69. The number of rotatable bonds is 4. The van der Waals surface area contributed by atoms with Crippen LogP contribution in [0.1, 0.15) is 19.8 Å². The third kappa shape index (κ3) is 2.05. The van der Waals surface area contributed by atoms with Crippen molar-refractivity contribution in [2.45, 2.75) is 23.4 Å². The van der Waals surface area contributed by atoms with Gasteiger partial charge >= 0.3 is 5.97 Å². The predicted octanol–water partition coefficient (Wildman–Crippen LogP) is 2.85. The minimum Gasteiger partial charge on any atom is -0.444 e. The molecule has 0 radical (unpaired) electrons. The minimum atomic E-state index is -0.490. The van der Waals surface area contributed by atoms with Crippen LogP contribution in [-0.4, -0.2) is 23.3 Å². The molecule has 0 amide bonds. The second kappa shape index (κ2) is 4.39. The van der Waals surface area contributed by atoms with Gasteiger partial charge in [0.25, 0.3) is 0 Å². The molecule has 94 valence electrons. The van der Waals surface area contributed by atoms with Crippen LogP contribution in [-0.2, 0) is 14.3 Å². The average Bonchev–Trinajstić information content (AvgIpc) is 2.72. The molecule has 2 bridgehead atoms. The third-order valence-corrected chi connectivity index (χ3v) is 5.32. The van der Waals surface area contributed by atoms with Gasteiger partial charge < -0.3 is 9.47 Å². The fourth-order valence-electron chi connectivity index (χ4n) is 2.73. The number of allylic oxidation sites excluding steroid dienone is 1. The van der Waals surface area contributed by atoms with Crippen LogP contribution in [0.5, 0.6) is 0 Å². The Labute approximate surface area is 115 Å². The van der Waals surface area contributed by atoms with Crippen LogP contribution in [0.3, 0.4) is 0 Å². The standard InChI is InChI=1S/C13H17IO3/c1-9(2)11(15)17-13(14)7-10-4-5-12(13,6-10)8-16-3/h4-5,10H,1,6-8H2,2-3H3. The lowest BCUT2D eigenvalue weighted by atomic mass is 9.86. The number of ether oxygens (including phenoxy) is 2. The van der Waals surface area contributed by atoms with E-state index in [1.165, 1.54) is 0 Å². The summed E-state index contributed by atoms with van der Waals surface area (Å²) in [5.41, 5.74) is 0.276. The van der Waals surface area contributed by atoms with Crippen molar-refractivity contribution < 1.29 is 14.3 Å². The summed E-state index contributed by atoms with van der Waals surface area (Å²) in [5.74, 6) is 0.191. The Morgan fingerprint density at radius 1 is 1.59 bits per heavy atom. The molecule has 2 aliphatic rings. The molecule has 1 saturated carbocycles. The summed E-state index contributed by atoms with van der Waals surface area (Å²) in [5, 5.41) is 0. The van der Waals surface area contributed by atoms with Crippen LogP contribution < -0.4 is 0 Å². The van der Waals surface area contributed by atoms with Crippen molar-refractivity contribution in [3.63, 3.8) is 0 Å². The molecule has 3 nitrogen and oxygen atoms in total. The van der Waals surface area contributed by atoms with Crippen LogP contribution in [0.15, 0.2) is 24.3 Å². The Kier molecular flexibility index (Phi) is 3.38. The summed E-state index contributed by atoms with van der Waals surface area (Å²) in [6.45, 7) is 5.90. The molecule has 0 heterocycles. The predicted molar refractivity (Wildman–Crippen MR) is 73.8 cm³/mol. The van der Waals surface area contributed by atoms with E-state index in [9.17, 15) is 4.79 Å². The molecule has 0 spiro atoms. The van der Waals surface area contributed by atoms with E-state index in [0.29, 0.717) is 18.1 Å². The Morgan fingerprint density at radius 3 is 2.82 bits per heavy atom. The highest BCUT2D eigenvalue weighted by atomic mass is 127. The topological polar surface area (TPSA) is 35.5 Å². The van der Waals surface area contributed by atoms with Gasteiger partial charge in [-0.2, -0.15) is 0 Å². The maximum absolute atomic E-state index is 11.7. The minimum absolute atomic E-state index is 0.169. The van der Waals surface area contributed by atoms with Gasteiger partial charge in [-0.15, -0.1) is 0 Å². The van der Waals surface area contributed by atoms with Gasteiger partial charge in [-0.05, 0) is 41.9 Å². The maximum atomic E-state index is 11.7. The number of hydrogen-bond donors (Lipinski definition) is 0. The largest absolute Gasteiger partial charge is 0.444 e. The Morgan fingerprint density at radius 2 is 2.29 bits per heavy atom. The molecule has 0 aromatic heterocycles. The lowest BCUT2D eigenvalue weighted by Crippen LogP contribution is -2.44. The van der Waals surface area contributed by atoms with Crippen LogP contribution in [0.4, 0.5) is 0 Å². The molecule has 1 fully saturated rings. The van der Waals surface area contributed by atoms with E-state index in [0.717, 1.165) is 12.8 Å². The molecule has 3 atom stereocenters. The Bertz CT molecular complexity index is 390. The van der Waals surface area contributed by atoms with Crippen molar-refractivity contribution in [1.82, 2.24) is 0 Å². The van der Waals surface area contributed by atoms with Crippen molar-refractivity contribution in [1.29, 1.82) is 0 Å². The third-order valence-electron chi connectivity index (χ3n) is 3.59. The zero-order valence-electron chi connectivity index (χ0n) is 10.2. The highest BCUT2D eigenvalue weighted by Crippen LogP contribution is 2.60. The van der Waals surface area contributed by atoms with Gasteiger partial charge in [-0.3, -0.25) is 0 Å². The highest BCUT2D eigenvalue weighted by Gasteiger charge is 2.60. The molecular formula is C13H17IO3. The van der Waals surface area contributed by atoms with Gasteiger partial charge in [0.1, 0.15) is 0 Å². The molecule has 0 aliphatic heterocycles. The van der Waals surface area contributed by atoms with Crippen molar-refractivity contribution in [2.24, 2.45) is 11.3 Å². The molecular weight excluding hydrogens is 331 g/mol. The van der Waals surface area contributed by atoms with Gasteiger partial charge in [-0.25, -0.2) is 4.79 Å². The number of halogens is 1. The number of fused-ring (bicyclic) bond motifs is 2. The normalized spacial score (nSPS) is 38.4. The monoisotopic (exact) mass is 348 g/mol. The van der Waals surface area contributed by atoms with Crippen LogP contribution in [0.25, 0.3) is 0 Å². The van der Waals surface area contributed by atoms with Crippen molar-refractivity contribution in [3.8, 4) is 0 Å². The van der Waals surface area contributed by atoms with E-state index < -0.39 is 3.61 Å². The first-order valence-electron chi connectivity index (χ1n) is 5.68. The molecule has 0 N–H and O–H groups in total. The number of carbonyl (C=O) groups excluding carboxylic acids is 1. The van der Waals surface area contributed by atoms with E-state index in [1.54, 1.807) is 14.0 Å².